The number of rotatable bonds is 5. The molecule has 2 rings (SSSR count). The van der Waals surface area contributed by atoms with Crippen molar-refractivity contribution in [2.45, 2.75) is 64.1 Å². The minimum absolute atomic E-state index is 0. The van der Waals surface area contributed by atoms with E-state index in [2.05, 4.69) is 17.6 Å². The van der Waals surface area contributed by atoms with Gasteiger partial charge in [-0.2, -0.15) is 0 Å². The van der Waals surface area contributed by atoms with Gasteiger partial charge < -0.3 is 39.4 Å². The van der Waals surface area contributed by atoms with Gasteiger partial charge in [-0.15, -0.1) is 0 Å². The van der Waals surface area contributed by atoms with Crippen molar-refractivity contribution in [2.75, 3.05) is 0 Å². The van der Waals surface area contributed by atoms with Gasteiger partial charge in [-0.1, -0.05) is 6.42 Å². The molecule has 2 fully saturated rings. The molecule has 2 N–H and O–H groups in total. The van der Waals surface area contributed by atoms with Crippen LogP contribution in [-0.4, -0.2) is 45.8 Å². The molecule has 0 spiro atoms. The number of ketones is 1. The van der Waals surface area contributed by atoms with Gasteiger partial charge in [-0.05, 0) is 40.5 Å². The Kier molecular flexibility index (Phi) is 20.3. The summed E-state index contributed by atoms with van der Waals surface area (Å²) in [5.74, 6) is -1.26. The van der Waals surface area contributed by atoms with E-state index in [-0.39, 0.29) is 128 Å². The molecule has 8 nitrogen and oxygen atoms in total. The molecule has 0 bridgehead atoms. The van der Waals surface area contributed by atoms with Gasteiger partial charge in [-0.3, -0.25) is 22.1 Å². The van der Waals surface area contributed by atoms with Crippen molar-refractivity contribution < 1.29 is 127 Å². The van der Waals surface area contributed by atoms with Gasteiger partial charge >= 0.3 is 6.09 Å². The van der Waals surface area contributed by atoms with Crippen LogP contribution < -0.4 is 10.6 Å². The van der Waals surface area contributed by atoms with Crippen LogP contribution in [0.1, 0.15) is 47.0 Å². The van der Waals surface area contributed by atoms with E-state index in [1.807, 2.05) is 0 Å². The van der Waals surface area contributed by atoms with Gasteiger partial charge in [0.2, 0.25) is 5.91 Å². The SMILES string of the molecule is [CH2-]C1[CH-]N(C(=O)[CH-]NC(=O)OC(C)(C)C)[C@H](C(=O)NC2(C(C)=O)CC2)C1.[CH3-].[U].[V].[W].[Y]. The van der Waals surface area contributed by atoms with Crippen LogP contribution in [0.4, 0.5) is 4.79 Å². The number of nitrogens with one attached hydrogen (secondary N) is 2. The predicted molar refractivity (Wildman–Crippen MR) is 99.3 cm³/mol. The molecule has 31 heavy (non-hydrogen) atoms. The van der Waals surface area contributed by atoms with Gasteiger partial charge in [0.15, 0.2) is 5.78 Å². The van der Waals surface area contributed by atoms with Crippen molar-refractivity contribution in [1.29, 1.82) is 0 Å². The number of amides is 3. The summed E-state index contributed by atoms with van der Waals surface area (Å²) in [5.41, 5.74) is -1.48. The molecular weight excluding hydrogens is 912 g/mol. The molecule has 1 heterocycles. The van der Waals surface area contributed by atoms with Gasteiger partial charge in [0.05, 0.1) is 17.5 Å². The van der Waals surface area contributed by atoms with Gasteiger partial charge in [0, 0.05) is 103 Å². The first-order valence-corrected chi connectivity index (χ1v) is 8.60. The normalized spacial score (nSPS) is 20.0. The van der Waals surface area contributed by atoms with Gasteiger partial charge in [-0.25, -0.2) is 11.3 Å². The Morgan fingerprint density at radius 1 is 1.23 bits per heavy atom. The Morgan fingerprint density at radius 3 is 2.16 bits per heavy atom. The van der Waals surface area contributed by atoms with Crippen LogP contribution in [0, 0.1) is 64.5 Å². The molecule has 0 aromatic rings. The molecular formula is C19H29N3O5UVWY-4. The summed E-state index contributed by atoms with van der Waals surface area (Å²) in [6, 6.07) is -0.765. The monoisotopic (exact) mass is 941 g/mol. The number of hydrogen-bond donors (Lipinski definition) is 2. The molecule has 2 aliphatic rings. The summed E-state index contributed by atoms with van der Waals surface area (Å²) in [5, 5.41) is 5.02. The van der Waals surface area contributed by atoms with E-state index in [4.69, 9.17) is 4.74 Å². The van der Waals surface area contributed by atoms with E-state index in [1.54, 1.807) is 27.3 Å². The van der Waals surface area contributed by atoms with Crippen LogP contribution in [0.5, 0.6) is 0 Å². The molecule has 1 saturated heterocycles. The number of hydrogen-bond acceptors (Lipinski definition) is 5. The third-order valence-electron chi connectivity index (χ3n) is 4.29. The van der Waals surface area contributed by atoms with Crippen molar-refractivity contribution in [3.63, 3.8) is 0 Å². The molecule has 172 valence electrons. The zero-order valence-corrected chi connectivity index (χ0v) is 29.9. The third kappa shape index (κ3) is 11.9. The smallest absolute Gasteiger partial charge is 0.381 e. The Labute approximate surface area is 261 Å². The van der Waals surface area contributed by atoms with Crippen molar-refractivity contribution in [3.05, 3.63) is 27.4 Å². The maximum Gasteiger partial charge on any atom is 0.381 e. The first-order valence-electron chi connectivity index (χ1n) is 8.60. The Balaban J connectivity index is -0.000000729. The summed E-state index contributed by atoms with van der Waals surface area (Å²) in [6.45, 7) is 12.9. The number of carbonyl (C=O) groups is 4. The van der Waals surface area contributed by atoms with Crippen molar-refractivity contribution in [2.24, 2.45) is 5.92 Å². The molecule has 1 saturated carbocycles. The van der Waals surface area contributed by atoms with E-state index in [0.717, 1.165) is 6.54 Å². The molecule has 0 aromatic carbocycles. The average Bonchev–Trinajstić information content (AvgIpc) is 3.17. The first-order chi connectivity index (χ1) is 11.9. The molecule has 0 aromatic heterocycles. The fraction of sp³-hybridized carbons (Fsp3) is 0.579. The number of likely N-dealkylation sites (tertiary alicyclic amines) is 1. The van der Waals surface area contributed by atoms with E-state index >= 15 is 0 Å². The largest absolute Gasteiger partial charge is 0.509 e. The molecule has 1 unspecified atom stereocenters. The average molecular weight is 941 g/mol. The molecule has 2 radical (unpaired) electrons. The predicted octanol–water partition coefficient (Wildman–Crippen LogP) is 1.57. The fourth-order valence-electron chi connectivity index (χ4n) is 2.76. The maximum atomic E-state index is 12.6. The molecule has 2 atom stereocenters. The third-order valence-corrected chi connectivity index (χ3v) is 4.29. The first kappa shape index (κ1) is 39.4. The van der Waals surface area contributed by atoms with Crippen molar-refractivity contribution >= 4 is 23.7 Å². The summed E-state index contributed by atoms with van der Waals surface area (Å²) < 4.78 is 5.06. The summed E-state index contributed by atoms with van der Waals surface area (Å²) in [7, 11) is 0. The minimum atomic E-state index is -0.788. The van der Waals surface area contributed by atoms with E-state index in [9.17, 15) is 19.2 Å². The quantitative estimate of drug-likeness (QED) is 0.408. The summed E-state index contributed by atoms with van der Waals surface area (Å²) in [6.07, 6.45) is 0.814. The standard InChI is InChI=1S/C18H26N3O5.CH3.U.V.W.Y/c1-11-8-13(15(24)20-18(6-7-18)12(2)22)21(10-11)14(23)9-19-16(25)26-17(3,4)5;;;;;/h9-11,13H,1,6-8H2,2-5H3,(H,19,25)(H,20,24);1H3;;;;/q-3;-1;;;;/t11?,13-;;;;;/m0...../s1. The van der Waals surface area contributed by atoms with Crippen LogP contribution in [-0.2, 0) is 91.5 Å². The molecule has 12 heteroatoms. The minimum Gasteiger partial charge on any atom is -0.509 e. The van der Waals surface area contributed by atoms with Crippen LogP contribution in [0.15, 0.2) is 0 Å². The maximum absolute atomic E-state index is 12.6. The summed E-state index contributed by atoms with van der Waals surface area (Å²) in [4.78, 5) is 49.5. The van der Waals surface area contributed by atoms with Crippen molar-refractivity contribution in [3.8, 4) is 0 Å². The molecule has 1 aliphatic heterocycles. The number of nitrogens with zero attached hydrogens (tertiary/aromatic N) is 1. The second-order valence-corrected chi connectivity index (χ2v) is 7.82. The summed E-state index contributed by atoms with van der Waals surface area (Å²) >= 11 is 0. The van der Waals surface area contributed by atoms with Gasteiger partial charge in [0.25, 0.3) is 0 Å². The fourth-order valence-corrected chi connectivity index (χ4v) is 2.76. The van der Waals surface area contributed by atoms with Crippen LogP contribution in [0.3, 0.4) is 0 Å². The second kappa shape index (κ2) is 16.0. The number of carbonyl (C=O) groups excluding carboxylic acids is 4. The van der Waals surface area contributed by atoms with E-state index < -0.39 is 29.2 Å². The van der Waals surface area contributed by atoms with Gasteiger partial charge in [0.1, 0.15) is 5.60 Å². The zero-order valence-electron chi connectivity index (χ0n) is 18.6. The Morgan fingerprint density at radius 2 is 1.74 bits per heavy atom. The second-order valence-electron chi connectivity index (χ2n) is 7.82. The number of alkyl carbamates (subject to hydrolysis) is 1. The molecule has 1 aliphatic carbocycles. The van der Waals surface area contributed by atoms with Crippen molar-refractivity contribution in [1.82, 2.24) is 15.5 Å². The van der Waals surface area contributed by atoms with Crippen LogP contribution in [0.25, 0.3) is 0 Å². The number of ether oxygens (including phenoxy) is 1. The van der Waals surface area contributed by atoms with E-state index in [0.29, 0.717) is 19.3 Å². The Bertz CT molecular complexity index is 632. The van der Waals surface area contributed by atoms with Crippen LogP contribution >= 0.6 is 0 Å². The topological polar surface area (TPSA) is 105 Å². The van der Waals surface area contributed by atoms with E-state index in [1.165, 1.54) is 11.8 Å². The number of Topliss-reactive ketones (excluding diaryl/α,β-unsaturated/α-hetero) is 1. The molecule has 3 amide bonds. The van der Waals surface area contributed by atoms with Crippen LogP contribution in [0.2, 0.25) is 0 Å². The Hall–Kier alpha value is 1.18. The zero-order chi connectivity index (χ0) is 19.7.